The Morgan fingerprint density at radius 3 is 2.46 bits per heavy atom. The number of rotatable bonds is 10. The van der Waals surface area contributed by atoms with Gasteiger partial charge in [0.2, 0.25) is 18.2 Å². The molecule has 204 valence electrons. The second kappa shape index (κ2) is 11.5. The Hall–Kier alpha value is -2.52. The molecule has 3 amide bonds. The lowest BCUT2D eigenvalue weighted by molar-refractivity contribution is -0.156. The number of likely N-dealkylation sites (tertiary alicyclic amines) is 1. The maximum absolute atomic E-state index is 13.7. The molecule has 4 rings (SSSR count). The molecule has 0 aromatic heterocycles. The molecule has 1 saturated carbocycles. The summed E-state index contributed by atoms with van der Waals surface area (Å²) in [5.74, 6) is -0.816. The predicted octanol–water partition coefficient (Wildman–Crippen LogP) is 3.19. The molecule has 1 aromatic carbocycles. The highest BCUT2D eigenvalue weighted by Gasteiger charge is 2.52. The zero-order chi connectivity index (χ0) is 26.7. The van der Waals surface area contributed by atoms with E-state index < -0.39 is 17.4 Å². The number of carbonyl (C=O) groups excluding carboxylic acids is 3. The summed E-state index contributed by atoms with van der Waals surface area (Å²) in [5.41, 5.74) is 0.539. The minimum absolute atomic E-state index is 0.0807. The Morgan fingerprint density at radius 1 is 1.16 bits per heavy atom. The van der Waals surface area contributed by atoms with Crippen LogP contribution in [0.15, 0.2) is 24.3 Å². The smallest absolute Gasteiger partial charge is 0.245 e. The van der Waals surface area contributed by atoms with Crippen molar-refractivity contribution < 1.29 is 24.0 Å². The Morgan fingerprint density at radius 2 is 1.84 bits per heavy atom. The molecule has 3 aliphatic rings. The second-order valence-electron chi connectivity index (χ2n) is 12.1. The van der Waals surface area contributed by atoms with Crippen LogP contribution in [0.25, 0.3) is 0 Å². The number of fused-ring (bicyclic) bond motifs is 1. The zero-order valence-electron chi connectivity index (χ0n) is 22.2. The van der Waals surface area contributed by atoms with E-state index >= 15 is 0 Å². The highest BCUT2D eigenvalue weighted by atomic mass is 19.1. The van der Waals surface area contributed by atoms with Gasteiger partial charge in [-0.1, -0.05) is 58.6 Å². The van der Waals surface area contributed by atoms with Crippen molar-refractivity contribution in [1.82, 2.24) is 20.2 Å². The van der Waals surface area contributed by atoms with Gasteiger partial charge in [-0.3, -0.25) is 24.5 Å². The highest BCUT2D eigenvalue weighted by molar-refractivity contribution is 5.89. The van der Waals surface area contributed by atoms with E-state index in [0.29, 0.717) is 42.9 Å². The van der Waals surface area contributed by atoms with E-state index in [-0.39, 0.29) is 30.2 Å². The predicted molar refractivity (Wildman–Crippen MR) is 137 cm³/mol. The van der Waals surface area contributed by atoms with Crippen molar-refractivity contribution in [2.45, 2.75) is 84.0 Å². The number of nitrogens with zero attached hydrogens (tertiary/aromatic N) is 3. The highest BCUT2D eigenvalue weighted by Crippen LogP contribution is 2.38. The third kappa shape index (κ3) is 6.87. The molecule has 2 saturated heterocycles. The van der Waals surface area contributed by atoms with Crippen molar-refractivity contribution in [3.63, 3.8) is 0 Å². The van der Waals surface area contributed by atoms with Gasteiger partial charge in [0, 0.05) is 31.7 Å². The van der Waals surface area contributed by atoms with Crippen molar-refractivity contribution in [2.75, 3.05) is 19.6 Å². The van der Waals surface area contributed by atoms with Crippen LogP contribution < -0.4 is 5.32 Å². The van der Waals surface area contributed by atoms with Gasteiger partial charge in [-0.05, 0) is 41.9 Å². The number of hydrogen-bond donors (Lipinski definition) is 2. The number of halogens is 1. The van der Waals surface area contributed by atoms with E-state index in [9.17, 15) is 24.0 Å². The van der Waals surface area contributed by atoms with E-state index in [4.69, 9.17) is 0 Å². The average Bonchev–Trinajstić information content (AvgIpc) is 3.27. The first-order valence-corrected chi connectivity index (χ1v) is 13.6. The first-order chi connectivity index (χ1) is 17.6. The fourth-order valence-electron chi connectivity index (χ4n) is 6.09. The van der Waals surface area contributed by atoms with Gasteiger partial charge in [-0.2, -0.15) is 0 Å². The van der Waals surface area contributed by atoms with E-state index in [1.54, 1.807) is 12.1 Å². The van der Waals surface area contributed by atoms with Crippen LogP contribution in [0, 0.1) is 23.1 Å². The van der Waals surface area contributed by atoms with Crippen molar-refractivity contribution in [2.24, 2.45) is 17.3 Å². The van der Waals surface area contributed by atoms with Crippen molar-refractivity contribution in [3.05, 3.63) is 35.6 Å². The maximum Gasteiger partial charge on any atom is 0.245 e. The lowest BCUT2D eigenvalue weighted by atomic mass is 9.84. The van der Waals surface area contributed by atoms with E-state index in [0.717, 1.165) is 44.2 Å². The standard InChI is InChI=1S/C28H41FN4O4/c1-28(2,3)25(30-26(35)21(16-32(37)18-34)14-19-6-4-5-7-19)27(36)31-13-12-23-24(17-31)33(23)15-20-8-10-22(29)11-9-20/h8-11,18-19,21,23-25,37H,4-7,12-17H2,1-3H3,(H,30,35)/t21-,23+,24-,25-,33?/m1/s1. The minimum Gasteiger partial charge on any atom is -0.344 e. The second-order valence-corrected chi connectivity index (χ2v) is 12.1. The summed E-state index contributed by atoms with van der Waals surface area (Å²) in [6.45, 7) is 7.71. The van der Waals surface area contributed by atoms with E-state index in [2.05, 4.69) is 10.2 Å². The molecular weight excluding hydrogens is 475 g/mol. The van der Waals surface area contributed by atoms with Gasteiger partial charge in [0.25, 0.3) is 0 Å². The van der Waals surface area contributed by atoms with Crippen LogP contribution in [0.2, 0.25) is 0 Å². The van der Waals surface area contributed by atoms with Gasteiger partial charge in [-0.15, -0.1) is 0 Å². The molecule has 1 aliphatic carbocycles. The molecule has 0 bridgehead atoms. The molecule has 0 radical (unpaired) electrons. The number of piperidine rings is 1. The van der Waals surface area contributed by atoms with Crippen LogP contribution in [0.5, 0.6) is 0 Å². The number of amides is 3. The third-order valence-electron chi connectivity index (χ3n) is 8.29. The fourth-order valence-corrected chi connectivity index (χ4v) is 6.09. The minimum atomic E-state index is -0.713. The number of nitrogens with one attached hydrogen (secondary N) is 1. The quantitative estimate of drug-likeness (QED) is 0.216. The summed E-state index contributed by atoms with van der Waals surface area (Å²) in [7, 11) is 0. The Kier molecular flexibility index (Phi) is 8.53. The SMILES string of the molecule is CC(C)(C)[C@H](NC(=O)[C@H](CC1CCCC1)CN(O)C=O)C(=O)N1CC[C@H]2[C@@H](C1)N2Cc1ccc(F)cc1. The molecular formula is C28H41FN4O4. The monoisotopic (exact) mass is 516 g/mol. The maximum atomic E-state index is 13.7. The lowest BCUT2D eigenvalue weighted by Crippen LogP contribution is -2.57. The first-order valence-electron chi connectivity index (χ1n) is 13.6. The molecule has 8 nitrogen and oxygen atoms in total. The van der Waals surface area contributed by atoms with Crippen LogP contribution in [-0.2, 0) is 20.9 Å². The van der Waals surface area contributed by atoms with Crippen molar-refractivity contribution in [3.8, 4) is 0 Å². The topological polar surface area (TPSA) is 93.0 Å². The molecule has 9 heteroatoms. The van der Waals surface area contributed by atoms with Gasteiger partial charge in [-0.25, -0.2) is 9.45 Å². The molecule has 2 aliphatic heterocycles. The van der Waals surface area contributed by atoms with Gasteiger partial charge >= 0.3 is 0 Å². The Balaban J connectivity index is 1.39. The number of hydroxylamine groups is 2. The number of carbonyl (C=O) groups is 3. The summed E-state index contributed by atoms with van der Waals surface area (Å²) in [5, 5.41) is 13.4. The fraction of sp³-hybridized carbons (Fsp3) is 0.679. The normalized spacial score (nSPS) is 25.2. The first kappa shape index (κ1) is 27.5. The average molecular weight is 517 g/mol. The van der Waals surface area contributed by atoms with E-state index in [1.807, 2.05) is 25.7 Å². The largest absolute Gasteiger partial charge is 0.344 e. The molecule has 37 heavy (non-hydrogen) atoms. The third-order valence-corrected chi connectivity index (χ3v) is 8.29. The number of hydrogen-bond acceptors (Lipinski definition) is 5. The van der Waals surface area contributed by atoms with Crippen LogP contribution in [0.1, 0.15) is 64.9 Å². The number of benzene rings is 1. The molecule has 1 unspecified atom stereocenters. The van der Waals surface area contributed by atoms with Crippen molar-refractivity contribution >= 4 is 18.2 Å². The summed E-state index contributed by atoms with van der Waals surface area (Å²) in [6, 6.07) is 6.52. The molecule has 5 atom stereocenters. The van der Waals surface area contributed by atoms with Gasteiger partial charge < -0.3 is 10.2 Å². The summed E-state index contributed by atoms with van der Waals surface area (Å²) < 4.78 is 13.3. The molecule has 0 spiro atoms. The van der Waals surface area contributed by atoms with Crippen LogP contribution in [-0.4, -0.2) is 76.1 Å². The Bertz CT molecular complexity index is 960. The molecule has 2 heterocycles. The van der Waals surface area contributed by atoms with Gasteiger partial charge in [0.05, 0.1) is 12.5 Å². The van der Waals surface area contributed by atoms with Crippen LogP contribution in [0.4, 0.5) is 4.39 Å². The van der Waals surface area contributed by atoms with Gasteiger partial charge in [0.15, 0.2) is 0 Å². The van der Waals surface area contributed by atoms with Crippen molar-refractivity contribution in [1.29, 1.82) is 0 Å². The molecule has 1 aromatic rings. The Labute approximate surface area is 219 Å². The summed E-state index contributed by atoms with van der Waals surface area (Å²) >= 11 is 0. The molecule has 3 fully saturated rings. The van der Waals surface area contributed by atoms with Gasteiger partial charge in [0.1, 0.15) is 11.9 Å². The van der Waals surface area contributed by atoms with Crippen LogP contribution in [0.3, 0.4) is 0 Å². The summed E-state index contributed by atoms with van der Waals surface area (Å²) in [6.07, 6.45) is 6.13. The summed E-state index contributed by atoms with van der Waals surface area (Å²) in [4.78, 5) is 42.4. The van der Waals surface area contributed by atoms with E-state index in [1.165, 1.54) is 12.1 Å². The lowest BCUT2D eigenvalue weighted by Gasteiger charge is -2.37. The molecule has 2 N–H and O–H groups in total. The zero-order valence-corrected chi connectivity index (χ0v) is 22.2. The van der Waals surface area contributed by atoms with Crippen LogP contribution >= 0.6 is 0 Å².